The summed E-state index contributed by atoms with van der Waals surface area (Å²) in [6.45, 7) is 8.85. The van der Waals surface area contributed by atoms with Gasteiger partial charge in [-0.25, -0.2) is 8.78 Å². The van der Waals surface area contributed by atoms with Gasteiger partial charge in [0, 0.05) is 52.6 Å². The Morgan fingerprint density at radius 3 is 1.40 bits per heavy atom. The quantitative estimate of drug-likeness (QED) is 0.175. The van der Waals surface area contributed by atoms with Crippen LogP contribution >= 0.6 is 68.8 Å². The molecule has 0 bridgehead atoms. The fraction of sp³-hybridized carbons (Fsp3) is 0.150. The van der Waals surface area contributed by atoms with Crippen LogP contribution in [0.25, 0.3) is 93.4 Å². The SMILES string of the molecule is CC1(C)c2cc3cc(-c4cccc5nsnc45)sc3c(F)c2-c2sc3c4c(sc3c21)-c1c(cc2cc(-c3cccc5nsnc35)sc2c1F)C4(C)C. The lowest BCUT2D eigenvalue weighted by Gasteiger charge is -2.22. The van der Waals surface area contributed by atoms with Gasteiger partial charge in [0.1, 0.15) is 33.7 Å². The highest BCUT2D eigenvalue weighted by atomic mass is 32.1. The van der Waals surface area contributed by atoms with Gasteiger partial charge in [-0.05, 0) is 69.4 Å². The van der Waals surface area contributed by atoms with Crippen LogP contribution in [0.2, 0.25) is 0 Å². The molecule has 4 nitrogen and oxygen atoms in total. The number of rotatable bonds is 2. The van der Waals surface area contributed by atoms with Crippen molar-refractivity contribution in [2.45, 2.75) is 38.5 Å². The molecule has 6 aromatic heterocycles. The van der Waals surface area contributed by atoms with Gasteiger partial charge < -0.3 is 0 Å². The Balaban J connectivity index is 1.04. The minimum Gasteiger partial charge on any atom is -0.205 e. The van der Waals surface area contributed by atoms with Gasteiger partial charge >= 0.3 is 0 Å². The third-order valence-electron chi connectivity index (χ3n) is 11.2. The Morgan fingerprint density at radius 1 is 0.519 bits per heavy atom. The van der Waals surface area contributed by atoms with Crippen molar-refractivity contribution in [3.05, 3.63) is 94.6 Å². The number of fused-ring (bicyclic) bond motifs is 13. The number of nitrogens with zero attached hydrogens (tertiary/aromatic N) is 4. The number of thiophene rings is 4. The maximum Gasteiger partial charge on any atom is 0.149 e. The van der Waals surface area contributed by atoms with Crippen LogP contribution in [0.1, 0.15) is 49.9 Å². The number of hydrogen-bond acceptors (Lipinski definition) is 10. The Labute approximate surface area is 319 Å². The lowest BCUT2D eigenvalue weighted by atomic mass is 9.81. The van der Waals surface area contributed by atoms with Gasteiger partial charge in [0.25, 0.3) is 0 Å². The topological polar surface area (TPSA) is 51.6 Å². The molecule has 4 aromatic carbocycles. The zero-order chi connectivity index (χ0) is 35.0. The zero-order valence-corrected chi connectivity index (χ0v) is 32.7. The standard InChI is InChI=1S/C40H22F2N4S6/c1-39(2)19-11-15-13-23(17-7-5-9-21-31(17)45-51-43-21)47-33(15)29(41)25(19)35-27(39)37-38(49-35)28-36(50-37)26-20(40(28,3)4)12-16-14-24(48-34(16)30(26)42)18-8-6-10-22-32(18)46-52-44-22/h5-14H,1-4H3. The second-order valence-electron chi connectivity index (χ2n) is 14.7. The molecule has 0 radical (unpaired) electrons. The Bertz CT molecular complexity index is 3020. The van der Waals surface area contributed by atoms with Crippen LogP contribution < -0.4 is 0 Å². The van der Waals surface area contributed by atoms with Crippen molar-refractivity contribution in [2.75, 3.05) is 0 Å². The Kier molecular flexibility index (Phi) is 5.81. The van der Waals surface area contributed by atoms with Crippen molar-refractivity contribution in [3.8, 4) is 41.8 Å². The van der Waals surface area contributed by atoms with Crippen LogP contribution in [-0.2, 0) is 10.8 Å². The van der Waals surface area contributed by atoms with Crippen LogP contribution in [0.3, 0.4) is 0 Å². The molecule has 6 heterocycles. The molecule has 0 aliphatic heterocycles. The summed E-state index contributed by atoms with van der Waals surface area (Å²) in [6, 6.07) is 20.6. The van der Waals surface area contributed by atoms with E-state index in [0.717, 1.165) is 95.1 Å². The van der Waals surface area contributed by atoms with E-state index in [1.54, 1.807) is 22.7 Å². The molecule has 0 fully saturated rings. The summed E-state index contributed by atoms with van der Waals surface area (Å²) >= 11 is 8.73. The molecular formula is C40H22F2N4S6. The Hall–Kier alpha value is -4.04. The monoisotopic (exact) mass is 788 g/mol. The summed E-state index contributed by atoms with van der Waals surface area (Å²) in [7, 11) is 0. The molecule has 12 heteroatoms. The normalized spacial score (nSPS) is 15.4. The molecule has 0 saturated heterocycles. The van der Waals surface area contributed by atoms with E-state index in [1.165, 1.54) is 57.3 Å². The van der Waals surface area contributed by atoms with E-state index in [0.29, 0.717) is 9.40 Å². The highest BCUT2D eigenvalue weighted by molar-refractivity contribution is 7.32. The smallest absolute Gasteiger partial charge is 0.149 e. The molecule has 0 amide bonds. The van der Waals surface area contributed by atoms with Crippen LogP contribution in [0.5, 0.6) is 0 Å². The molecule has 0 spiro atoms. The molecular weight excluding hydrogens is 767 g/mol. The predicted molar refractivity (Wildman–Crippen MR) is 218 cm³/mol. The average molecular weight is 789 g/mol. The van der Waals surface area contributed by atoms with Crippen molar-refractivity contribution < 1.29 is 8.78 Å². The first-order valence-electron chi connectivity index (χ1n) is 16.7. The first-order valence-corrected chi connectivity index (χ1v) is 21.4. The molecule has 2 aliphatic rings. The lowest BCUT2D eigenvalue weighted by Crippen LogP contribution is -2.16. The van der Waals surface area contributed by atoms with Crippen LogP contribution in [0, 0.1) is 11.6 Å². The van der Waals surface area contributed by atoms with Gasteiger partial charge in [-0.3, -0.25) is 0 Å². The molecule has 10 aromatic rings. The van der Waals surface area contributed by atoms with Gasteiger partial charge in [-0.1, -0.05) is 52.0 Å². The average Bonchev–Trinajstić information content (AvgIpc) is 3.97. The first-order chi connectivity index (χ1) is 25.1. The minimum atomic E-state index is -0.429. The summed E-state index contributed by atoms with van der Waals surface area (Å²) in [4.78, 5) is 4.00. The molecule has 52 heavy (non-hydrogen) atoms. The second-order valence-corrected chi connectivity index (χ2v) is 19.9. The highest BCUT2D eigenvalue weighted by Gasteiger charge is 2.47. The van der Waals surface area contributed by atoms with Crippen molar-refractivity contribution >= 4 is 120 Å². The van der Waals surface area contributed by atoms with Crippen LogP contribution in [-0.4, -0.2) is 17.5 Å². The van der Waals surface area contributed by atoms with E-state index >= 15 is 8.78 Å². The van der Waals surface area contributed by atoms with E-state index in [4.69, 9.17) is 0 Å². The predicted octanol–water partition coefficient (Wildman–Crippen LogP) is 13.6. The van der Waals surface area contributed by atoms with Crippen molar-refractivity contribution in [2.24, 2.45) is 0 Å². The summed E-state index contributed by atoms with van der Waals surface area (Å²) in [5.41, 5.74) is 10.3. The third kappa shape index (κ3) is 3.63. The van der Waals surface area contributed by atoms with E-state index in [1.807, 2.05) is 36.4 Å². The fourth-order valence-corrected chi connectivity index (χ4v) is 15.6. The summed E-state index contributed by atoms with van der Waals surface area (Å²) < 4.78 is 55.5. The maximum atomic E-state index is 17.0. The van der Waals surface area contributed by atoms with Crippen LogP contribution in [0.15, 0.2) is 60.7 Å². The molecule has 0 N–H and O–H groups in total. The summed E-state index contributed by atoms with van der Waals surface area (Å²) in [6.07, 6.45) is 0. The highest BCUT2D eigenvalue weighted by Crippen LogP contribution is 2.65. The zero-order valence-electron chi connectivity index (χ0n) is 27.8. The molecule has 252 valence electrons. The second kappa shape index (κ2) is 9.93. The van der Waals surface area contributed by atoms with Gasteiger partial charge in [0.2, 0.25) is 0 Å². The molecule has 0 atom stereocenters. The fourth-order valence-electron chi connectivity index (χ4n) is 8.68. The lowest BCUT2D eigenvalue weighted by molar-refractivity contribution is 0.632. The van der Waals surface area contributed by atoms with E-state index in [9.17, 15) is 0 Å². The molecule has 0 unspecified atom stereocenters. The van der Waals surface area contributed by atoms with Crippen LogP contribution in [0.4, 0.5) is 8.78 Å². The number of hydrogen-bond donors (Lipinski definition) is 0. The first kappa shape index (κ1) is 30.4. The van der Waals surface area contributed by atoms with Crippen molar-refractivity contribution in [1.82, 2.24) is 17.5 Å². The number of benzene rings is 4. The van der Waals surface area contributed by atoms with Gasteiger partial charge in [-0.15, -0.1) is 45.3 Å². The largest absolute Gasteiger partial charge is 0.205 e. The van der Waals surface area contributed by atoms with Crippen molar-refractivity contribution in [1.29, 1.82) is 0 Å². The molecule has 12 rings (SSSR count). The number of aromatic nitrogens is 4. The van der Waals surface area contributed by atoms with E-state index in [-0.39, 0.29) is 11.6 Å². The Morgan fingerprint density at radius 2 is 0.962 bits per heavy atom. The molecule has 0 saturated carbocycles. The van der Waals surface area contributed by atoms with Crippen molar-refractivity contribution in [3.63, 3.8) is 0 Å². The van der Waals surface area contributed by atoms with E-state index < -0.39 is 10.8 Å². The summed E-state index contributed by atoms with van der Waals surface area (Å²) in [5.74, 6) is -0.308. The van der Waals surface area contributed by atoms with E-state index in [2.05, 4.69) is 69.5 Å². The minimum absolute atomic E-state index is 0.154. The van der Waals surface area contributed by atoms with Gasteiger partial charge in [0.15, 0.2) is 0 Å². The maximum absolute atomic E-state index is 17.0. The van der Waals surface area contributed by atoms with Gasteiger partial charge in [-0.2, -0.15) is 17.5 Å². The molecule has 2 aliphatic carbocycles. The number of halogens is 2. The van der Waals surface area contributed by atoms with Gasteiger partial charge in [0.05, 0.1) is 42.3 Å². The third-order valence-corrected chi connectivity index (χ3v) is 17.2. The summed E-state index contributed by atoms with van der Waals surface area (Å²) in [5, 5.41) is 1.81.